The number of nitrogens with zero attached hydrogens (tertiary/aromatic N) is 3. The number of benzene rings is 1. The number of primary amides is 1. The van der Waals surface area contributed by atoms with Crippen molar-refractivity contribution in [3.05, 3.63) is 59.3 Å². The van der Waals surface area contributed by atoms with Crippen molar-refractivity contribution < 1.29 is 19.1 Å². The van der Waals surface area contributed by atoms with Crippen LogP contribution in [0, 0.1) is 0 Å². The number of piperazine rings is 1. The van der Waals surface area contributed by atoms with Crippen LogP contribution in [0.25, 0.3) is 0 Å². The van der Waals surface area contributed by atoms with Crippen molar-refractivity contribution in [2.45, 2.75) is 30.9 Å². The molecule has 5 rings (SSSR count). The Hall–Kier alpha value is -3.42. The highest BCUT2D eigenvalue weighted by molar-refractivity contribution is 5.95. The molecule has 3 aliphatic rings. The molecule has 2 amide bonds. The molecule has 0 bridgehead atoms. The average molecular weight is 406 g/mol. The van der Waals surface area contributed by atoms with E-state index in [0.717, 1.165) is 11.4 Å². The van der Waals surface area contributed by atoms with Crippen molar-refractivity contribution in [3.8, 4) is 0 Å². The number of esters is 1. The number of carbonyl (C=O) groups is 3. The van der Waals surface area contributed by atoms with E-state index < -0.39 is 17.5 Å². The molecule has 8 heteroatoms. The summed E-state index contributed by atoms with van der Waals surface area (Å²) in [7, 11) is 0. The molecule has 30 heavy (non-hydrogen) atoms. The lowest BCUT2D eigenvalue weighted by Crippen LogP contribution is -2.53. The third-order valence-electron chi connectivity index (χ3n) is 6.14. The van der Waals surface area contributed by atoms with Gasteiger partial charge in [-0.05, 0) is 30.2 Å². The summed E-state index contributed by atoms with van der Waals surface area (Å²) in [6.07, 6.45) is 3.12. The summed E-state index contributed by atoms with van der Waals surface area (Å²) in [6, 6.07) is 11.2. The largest absolute Gasteiger partial charge is 0.445 e. The van der Waals surface area contributed by atoms with Crippen LogP contribution in [0.4, 0.5) is 5.82 Å². The quantitative estimate of drug-likeness (QED) is 0.764. The van der Waals surface area contributed by atoms with Crippen LogP contribution in [-0.4, -0.2) is 58.9 Å². The maximum Gasteiger partial charge on any atom is 0.340 e. The number of rotatable bonds is 4. The van der Waals surface area contributed by atoms with E-state index in [1.54, 1.807) is 6.07 Å². The lowest BCUT2D eigenvalue weighted by atomic mass is 10.1. The molecule has 1 aliphatic carbocycles. The predicted molar refractivity (Wildman–Crippen MR) is 108 cm³/mol. The molecule has 1 aromatic carbocycles. The molecule has 1 saturated heterocycles. The van der Waals surface area contributed by atoms with Crippen LogP contribution < -0.4 is 10.6 Å². The summed E-state index contributed by atoms with van der Waals surface area (Å²) < 4.78 is 5.35. The third-order valence-corrected chi connectivity index (χ3v) is 6.14. The molecule has 2 aliphatic heterocycles. The summed E-state index contributed by atoms with van der Waals surface area (Å²) in [6.45, 7) is 1.92. The zero-order valence-corrected chi connectivity index (χ0v) is 16.4. The molecule has 1 atom stereocenters. The first kappa shape index (κ1) is 18.6. The molecule has 8 nitrogen and oxygen atoms in total. The Morgan fingerprint density at radius 3 is 2.57 bits per heavy atom. The summed E-state index contributed by atoms with van der Waals surface area (Å²) >= 11 is 0. The number of ether oxygens (including phenoxy) is 1. The number of carbonyl (C=O) groups excluding carboxylic acids is 3. The SMILES string of the molecule is NC(=O)C1(OC(=O)c2cnc3c(c2)CC2CN(C(=O)c4ccccc4)CCN32)CC1. The summed E-state index contributed by atoms with van der Waals surface area (Å²) in [5.74, 6) is -0.304. The fourth-order valence-corrected chi connectivity index (χ4v) is 4.28. The first-order chi connectivity index (χ1) is 14.5. The molecule has 2 aromatic rings. The molecule has 1 aromatic heterocycles. The number of hydrogen-bond donors (Lipinski definition) is 1. The summed E-state index contributed by atoms with van der Waals surface area (Å²) in [5.41, 5.74) is 6.15. The second-order valence-corrected chi connectivity index (χ2v) is 8.12. The smallest absolute Gasteiger partial charge is 0.340 e. The van der Waals surface area contributed by atoms with E-state index in [1.165, 1.54) is 6.20 Å². The Kier molecular flexibility index (Phi) is 4.23. The van der Waals surface area contributed by atoms with E-state index in [-0.39, 0.29) is 11.9 Å². The van der Waals surface area contributed by atoms with Gasteiger partial charge in [0.05, 0.1) is 11.6 Å². The first-order valence-corrected chi connectivity index (χ1v) is 10.1. The second kappa shape index (κ2) is 6.83. The van der Waals surface area contributed by atoms with Crippen LogP contribution >= 0.6 is 0 Å². The van der Waals surface area contributed by atoms with Gasteiger partial charge in [0.1, 0.15) is 5.82 Å². The van der Waals surface area contributed by atoms with Gasteiger partial charge in [-0.3, -0.25) is 9.59 Å². The number of amides is 2. The van der Waals surface area contributed by atoms with Gasteiger partial charge >= 0.3 is 5.97 Å². The van der Waals surface area contributed by atoms with Crippen LogP contribution in [0.15, 0.2) is 42.6 Å². The lowest BCUT2D eigenvalue weighted by Gasteiger charge is -2.38. The summed E-state index contributed by atoms with van der Waals surface area (Å²) in [5, 5.41) is 0. The van der Waals surface area contributed by atoms with Crippen molar-refractivity contribution in [1.29, 1.82) is 0 Å². The third kappa shape index (κ3) is 3.08. The normalized spacial score (nSPS) is 20.9. The Bertz CT molecular complexity index is 1030. The predicted octanol–water partition coefficient (Wildman–Crippen LogP) is 1.14. The number of pyridine rings is 1. The molecular formula is C22H22N4O4. The van der Waals surface area contributed by atoms with E-state index in [1.807, 2.05) is 35.2 Å². The van der Waals surface area contributed by atoms with Gasteiger partial charge in [-0.1, -0.05) is 18.2 Å². The zero-order valence-electron chi connectivity index (χ0n) is 16.4. The minimum atomic E-state index is -1.15. The van der Waals surface area contributed by atoms with Gasteiger partial charge in [-0.15, -0.1) is 0 Å². The van der Waals surface area contributed by atoms with Crippen LogP contribution in [0.5, 0.6) is 0 Å². The monoisotopic (exact) mass is 406 g/mol. The average Bonchev–Trinajstić information content (AvgIpc) is 3.46. The van der Waals surface area contributed by atoms with Crippen LogP contribution in [-0.2, 0) is 16.0 Å². The minimum Gasteiger partial charge on any atom is -0.445 e. The standard InChI is InChI=1S/C22H22N4O4/c23-21(29)22(6-7-22)30-20(28)16-10-15-11-17-13-25(8-9-26(17)18(15)24-12-16)19(27)14-4-2-1-3-5-14/h1-5,10,12,17H,6-9,11,13H2,(H2,23,29). The van der Waals surface area contributed by atoms with E-state index >= 15 is 0 Å². The van der Waals surface area contributed by atoms with E-state index in [0.29, 0.717) is 50.0 Å². The molecule has 1 unspecified atom stereocenters. The molecular weight excluding hydrogens is 384 g/mol. The summed E-state index contributed by atoms with van der Waals surface area (Å²) in [4.78, 5) is 45.3. The molecule has 3 heterocycles. The fourth-order valence-electron chi connectivity index (χ4n) is 4.28. The van der Waals surface area contributed by atoms with Crippen molar-refractivity contribution >= 4 is 23.6 Å². The molecule has 0 spiro atoms. The Morgan fingerprint density at radius 2 is 1.87 bits per heavy atom. The number of aromatic nitrogens is 1. The zero-order chi connectivity index (χ0) is 20.9. The molecule has 1 saturated carbocycles. The molecule has 0 radical (unpaired) electrons. The van der Waals surface area contributed by atoms with Crippen LogP contribution in [0.1, 0.15) is 39.1 Å². The maximum absolute atomic E-state index is 12.8. The number of fused-ring (bicyclic) bond motifs is 3. The highest BCUT2D eigenvalue weighted by Gasteiger charge is 2.53. The second-order valence-electron chi connectivity index (χ2n) is 8.12. The Morgan fingerprint density at radius 1 is 1.10 bits per heavy atom. The minimum absolute atomic E-state index is 0.0321. The fraction of sp³-hybridized carbons (Fsp3) is 0.364. The Labute approximate surface area is 173 Å². The highest BCUT2D eigenvalue weighted by Crippen LogP contribution is 2.40. The maximum atomic E-state index is 12.8. The number of hydrogen-bond acceptors (Lipinski definition) is 6. The van der Waals surface area contributed by atoms with Crippen molar-refractivity contribution in [2.75, 3.05) is 24.5 Å². The van der Waals surface area contributed by atoms with Crippen LogP contribution in [0.3, 0.4) is 0 Å². The van der Waals surface area contributed by atoms with Crippen molar-refractivity contribution in [1.82, 2.24) is 9.88 Å². The highest BCUT2D eigenvalue weighted by atomic mass is 16.6. The first-order valence-electron chi connectivity index (χ1n) is 10.1. The van der Waals surface area contributed by atoms with Crippen molar-refractivity contribution in [2.24, 2.45) is 5.73 Å². The van der Waals surface area contributed by atoms with Gasteiger partial charge in [0, 0.05) is 44.2 Å². The van der Waals surface area contributed by atoms with Gasteiger partial charge in [0.2, 0.25) is 0 Å². The molecule has 154 valence electrons. The van der Waals surface area contributed by atoms with E-state index in [9.17, 15) is 14.4 Å². The van der Waals surface area contributed by atoms with E-state index in [2.05, 4.69) is 9.88 Å². The van der Waals surface area contributed by atoms with E-state index in [4.69, 9.17) is 10.5 Å². The van der Waals surface area contributed by atoms with Gasteiger partial charge in [0.15, 0.2) is 5.60 Å². The van der Waals surface area contributed by atoms with Crippen LogP contribution in [0.2, 0.25) is 0 Å². The van der Waals surface area contributed by atoms with Gasteiger partial charge in [-0.25, -0.2) is 9.78 Å². The van der Waals surface area contributed by atoms with Gasteiger partial charge in [-0.2, -0.15) is 0 Å². The lowest BCUT2D eigenvalue weighted by molar-refractivity contribution is -0.128. The number of anilines is 1. The Balaban J connectivity index is 1.30. The molecule has 2 fully saturated rings. The van der Waals surface area contributed by atoms with Gasteiger partial charge < -0.3 is 20.3 Å². The number of nitrogens with two attached hydrogens (primary N) is 1. The topological polar surface area (TPSA) is 106 Å². The molecule has 2 N–H and O–H groups in total. The van der Waals surface area contributed by atoms with Crippen molar-refractivity contribution in [3.63, 3.8) is 0 Å². The van der Waals surface area contributed by atoms with Gasteiger partial charge in [0.25, 0.3) is 11.8 Å².